The fourth-order valence-electron chi connectivity index (χ4n) is 7.75. The van der Waals surface area contributed by atoms with Gasteiger partial charge in [-0.25, -0.2) is 19.2 Å². The van der Waals surface area contributed by atoms with Gasteiger partial charge < -0.3 is 90.2 Å². The molecule has 26 nitrogen and oxygen atoms in total. The van der Waals surface area contributed by atoms with E-state index >= 15 is 0 Å². The number of carbonyl (C=O) groups excluding carboxylic acids is 5. The summed E-state index contributed by atoms with van der Waals surface area (Å²) in [4.78, 5) is 75.9. The molecule has 1 saturated carbocycles. The van der Waals surface area contributed by atoms with E-state index in [0.29, 0.717) is 5.56 Å². The van der Waals surface area contributed by atoms with Crippen molar-refractivity contribution in [3.05, 3.63) is 51.8 Å². The minimum atomic E-state index is -1.89. The predicted octanol–water partition coefficient (Wildman–Crippen LogP) is 1.59. The second-order valence-corrected chi connectivity index (χ2v) is 20.8. The van der Waals surface area contributed by atoms with Crippen molar-refractivity contribution in [3.8, 4) is 0 Å². The molecule has 12 unspecified atom stereocenters. The van der Waals surface area contributed by atoms with Crippen molar-refractivity contribution in [3.63, 3.8) is 0 Å². The third-order valence-electron chi connectivity index (χ3n) is 10.9. The molecule has 10 N–H and O–H groups in total. The van der Waals surface area contributed by atoms with E-state index in [9.17, 15) is 54.5 Å². The lowest BCUT2D eigenvalue weighted by Gasteiger charge is -2.49. The number of nitro benzene ring substituents is 1. The zero-order valence-corrected chi connectivity index (χ0v) is 42.5. The second-order valence-electron chi connectivity index (χ2n) is 20.8. The molecule has 12 atom stereocenters. The number of likely N-dealkylation sites (N-methyl/N-ethyl adjacent to an activating group) is 1. The number of ether oxygens (including phenoxy) is 8. The van der Waals surface area contributed by atoms with Gasteiger partial charge in [-0.1, -0.05) is 0 Å². The lowest BCUT2D eigenvalue weighted by molar-refractivity contribution is -0.384. The molecule has 1 aliphatic carbocycles. The molecule has 4 rings (SSSR count). The SMILES string of the molecule is CNC1C(O)C(OC2C(NC(=O)C(O)CCNC(=O)OC(C)(C)C)CC(NC(=O)OC(C)(C)C)C(OC3OC(CNC(=O)OCc4ccc([N+](=O)[O-])cc4)=CCC3NC(=O)OC(C)(C)C)C2O)OCC1(C)O. The fraction of sp³-hybridized carbons (Fsp3) is 0.717. The number of hydrogen-bond donors (Lipinski definition) is 10. The van der Waals surface area contributed by atoms with Gasteiger partial charge in [0.05, 0.1) is 42.2 Å². The molecule has 2 aliphatic heterocycles. The average molecular weight is 1030 g/mol. The largest absolute Gasteiger partial charge is 0.465 e. The standard InChI is InChI=1S/C46H73N7O19/c1-43(2,3)70-40(59)48-19-18-30(54)36(57)50-28-20-29(52-42(61)72-45(7,8)9)34(31(55)33(28)69-38-32(56)35(47-11)46(10,62)23-66-38)68-37-27(51-41(60)71-44(4,5)6)17-16-26(67-37)21-49-39(58)65-22-24-12-14-25(15-13-24)53(63)64/h12-16,27-35,37-38,47,54-56,62H,17-23H2,1-11H3,(H,48,59)(H,49,58)(H,50,57)(H,51,60)(H,52,61). The van der Waals surface area contributed by atoms with Crippen LogP contribution in [-0.4, -0.2) is 172 Å². The number of nitrogens with one attached hydrogen (secondary N) is 6. The molecule has 3 aliphatic rings. The van der Waals surface area contributed by atoms with Crippen molar-refractivity contribution in [2.24, 2.45) is 0 Å². The van der Waals surface area contributed by atoms with Crippen LogP contribution in [0.5, 0.6) is 0 Å². The van der Waals surface area contributed by atoms with E-state index in [1.807, 2.05) is 0 Å². The number of non-ortho nitro benzene ring substituents is 1. The summed E-state index contributed by atoms with van der Waals surface area (Å²) in [5, 5.41) is 72.8. The smallest absolute Gasteiger partial charge is 0.408 e. The highest BCUT2D eigenvalue weighted by Gasteiger charge is 2.53. The number of amides is 5. The van der Waals surface area contributed by atoms with Crippen molar-refractivity contribution in [2.45, 2.75) is 185 Å². The number of benzene rings is 1. The number of aliphatic hydroxyl groups is 4. The third-order valence-corrected chi connectivity index (χ3v) is 10.9. The van der Waals surface area contributed by atoms with Crippen LogP contribution in [0.2, 0.25) is 0 Å². The third kappa shape index (κ3) is 18.5. The van der Waals surface area contributed by atoms with Crippen molar-refractivity contribution in [2.75, 3.05) is 26.7 Å². The summed E-state index contributed by atoms with van der Waals surface area (Å²) in [6, 6.07) is 0.705. The molecule has 5 amide bonds. The van der Waals surface area contributed by atoms with E-state index in [2.05, 4.69) is 31.9 Å². The molecule has 72 heavy (non-hydrogen) atoms. The highest BCUT2D eigenvalue weighted by Crippen LogP contribution is 2.33. The zero-order chi connectivity index (χ0) is 53.9. The minimum absolute atomic E-state index is 0.00152. The van der Waals surface area contributed by atoms with E-state index in [4.69, 9.17) is 37.9 Å². The van der Waals surface area contributed by atoms with Gasteiger partial charge in [0.15, 0.2) is 6.29 Å². The summed E-state index contributed by atoms with van der Waals surface area (Å²) in [6.07, 6.45) is -14.0. The van der Waals surface area contributed by atoms with E-state index in [1.165, 1.54) is 38.2 Å². The van der Waals surface area contributed by atoms with Crippen LogP contribution >= 0.6 is 0 Å². The number of nitrogens with zero attached hydrogens (tertiary/aromatic N) is 1. The molecule has 26 heteroatoms. The van der Waals surface area contributed by atoms with Crippen LogP contribution in [0.15, 0.2) is 36.1 Å². The Bertz CT molecular complexity index is 2050. The zero-order valence-electron chi connectivity index (χ0n) is 42.5. The Morgan fingerprint density at radius 1 is 0.792 bits per heavy atom. The maximum Gasteiger partial charge on any atom is 0.408 e. The topological polar surface area (TPSA) is 355 Å². The summed E-state index contributed by atoms with van der Waals surface area (Å²) >= 11 is 0. The van der Waals surface area contributed by atoms with Gasteiger partial charge in [-0.2, -0.15) is 0 Å². The second kappa shape index (κ2) is 24.9. The number of aliphatic hydroxyl groups excluding tert-OH is 3. The molecule has 1 aromatic carbocycles. The molecule has 406 valence electrons. The summed E-state index contributed by atoms with van der Waals surface area (Å²) in [6.45, 7) is 15.2. The Labute approximate surface area is 417 Å². The number of nitro groups is 1. The van der Waals surface area contributed by atoms with Gasteiger partial charge in [-0.15, -0.1) is 0 Å². The van der Waals surface area contributed by atoms with Gasteiger partial charge in [-0.05, 0) is 119 Å². The van der Waals surface area contributed by atoms with Crippen LogP contribution in [0, 0.1) is 10.1 Å². The van der Waals surface area contributed by atoms with Crippen LogP contribution < -0.4 is 31.9 Å². The first-order valence-electron chi connectivity index (χ1n) is 23.5. The summed E-state index contributed by atoms with van der Waals surface area (Å²) < 4.78 is 46.4. The predicted molar refractivity (Wildman–Crippen MR) is 252 cm³/mol. The van der Waals surface area contributed by atoms with Gasteiger partial charge in [-0.3, -0.25) is 14.9 Å². The first-order chi connectivity index (χ1) is 33.3. The van der Waals surface area contributed by atoms with Gasteiger partial charge in [0, 0.05) is 18.7 Å². The maximum atomic E-state index is 13.7. The Morgan fingerprint density at radius 3 is 1.89 bits per heavy atom. The first kappa shape index (κ1) is 59.0. The fourth-order valence-corrected chi connectivity index (χ4v) is 7.75. The van der Waals surface area contributed by atoms with E-state index < -0.39 is 125 Å². The maximum absolute atomic E-state index is 13.7. The number of alkyl carbamates (subject to hydrolysis) is 4. The normalized spacial score (nSPS) is 28.1. The Hall–Kier alpha value is -5.61. The Balaban J connectivity index is 1.66. The number of hydrogen-bond acceptors (Lipinski definition) is 20. The molecule has 1 aromatic rings. The molecule has 2 fully saturated rings. The molecule has 0 aromatic heterocycles. The molecular weight excluding hydrogens is 955 g/mol. The van der Waals surface area contributed by atoms with E-state index in [-0.39, 0.29) is 57.0 Å². The van der Waals surface area contributed by atoms with Gasteiger partial charge in [0.25, 0.3) is 5.69 Å². The number of rotatable bonds is 17. The van der Waals surface area contributed by atoms with Crippen LogP contribution in [0.3, 0.4) is 0 Å². The summed E-state index contributed by atoms with van der Waals surface area (Å²) in [5.41, 5.74) is -4.02. The highest BCUT2D eigenvalue weighted by molar-refractivity contribution is 5.81. The lowest BCUT2D eigenvalue weighted by Crippen LogP contribution is -2.70. The Kier molecular flexibility index (Phi) is 20.4. The minimum Gasteiger partial charge on any atom is -0.465 e. The monoisotopic (exact) mass is 1030 g/mol. The van der Waals surface area contributed by atoms with E-state index in [0.717, 1.165) is 0 Å². The molecule has 0 spiro atoms. The van der Waals surface area contributed by atoms with Crippen molar-refractivity contribution in [1.29, 1.82) is 0 Å². The summed E-state index contributed by atoms with van der Waals surface area (Å²) in [7, 11) is 1.49. The Morgan fingerprint density at radius 2 is 1.33 bits per heavy atom. The van der Waals surface area contributed by atoms with Crippen LogP contribution in [0.4, 0.5) is 24.9 Å². The molecule has 2 heterocycles. The molecular formula is C46H73N7O19. The average Bonchev–Trinajstić information content (AvgIpc) is 3.24. The van der Waals surface area contributed by atoms with Crippen molar-refractivity contribution in [1.82, 2.24) is 31.9 Å². The van der Waals surface area contributed by atoms with Crippen LogP contribution in [-0.2, 0) is 49.3 Å². The lowest BCUT2D eigenvalue weighted by atomic mass is 9.82. The summed E-state index contributed by atoms with van der Waals surface area (Å²) in [5.74, 6) is -0.873. The van der Waals surface area contributed by atoms with Gasteiger partial charge in [0.2, 0.25) is 12.2 Å². The molecule has 0 bridgehead atoms. The van der Waals surface area contributed by atoms with Gasteiger partial charge in [0.1, 0.15) is 65.3 Å². The van der Waals surface area contributed by atoms with Crippen LogP contribution in [0.25, 0.3) is 0 Å². The highest BCUT2D eigenvalue weighted by atomic mass is 16.7. The van der Waals surface area contributed by atoms with Gasteiger partial charge >= 0.3 is 24.4 Å². The molecule has 1 saturated heterocycles. The first-order valence-corrected chi connectivity index (χ1v) is 23.5. The quantitative estimate of drug-likeness (QED) is 0.0602. The van der Waals surface area contributed by atoms with Crippen LogP contribution in [0.1, 0.15) is 94.1 Å². The number of carbonyl (C=O) groups is 5. The van der Waals surface area contributed by atoms with E-state index in [1.54, 1.807) is 68.4 Å². The molecule has 0 radical (unpaired) electrons. The van der Waals surface area contributed by atoms with Crippen molar-refractivity contribution >= 4 is 36.0 Å². The van der Waals surface area contributed by atoms with Crippen molar-refractivity contribution < 1.29 is 87.2 Å².